The minimum absolute atomic E-state index is 0.0129. The molecule has 0 aliphatic carbocycles. The fourth-order valence-electron chi connectivity index (χ4n) is 5.48. The fraction of sp³-hybridized carbons (Fsp3) is 0.633. The van der Waals surface area contributed by atoms with Crippen molar-refractivity contribution < 1.29 is 82.2 Å². The van der Waals surface area contributed by atoms with Gasteiger partial charge in [-0.2, -0.15) is 0 Å². The van der Waals surface area contributed by atoms with Gasteiger partial charge in [0.05, 0.1) is 23.7 Å². The zero-order chi connectivity index (χ0) is 54.6. The van der Waals surface area contributed by atoms with Gasteiger partial charge in [0, 0.05) is 47.2 Å². The van der Waals surface area contributed by atoms with Crippen LogP contribution in [0.5, 0.6) is 0 Å². The summed E-state index contributed by atoms with van der Waals surface area (Å²) in [5.74, 6) is -10.4. The predicted molar refractivity (Wildman–Crippen MR) is 258 cm³/mol. The van der Waals surface area contributed by atoms with Crippen LogP contribution in [-0.4, -0.2) is 119 Å². The maximum atomic E-state index is 12.5. The highest BCUT2D eigenvalue weighted by Crippen LogP contribution is 2.25. The molecule has 0 radical (unpaired) electrons. The Morgan fingerprint density at radius 2 is 0.768 bits per heavy atom. The van der Waals surface area contributed by atoms with Crippen LogP contribution in [0, 0.1) is 35.5 Å². The van der Waals surface area contributed by atoms with Gasteiger partial charge in [0.1, 0.15) is 26.4 Å². The number of ether oxygens (including phenoxy) is 4. The van der Waals surface area contributed by atoms with Gasteiger partial charge in [-0.15, -0.1) is 0 Å². The molecule has 0 saturated heterocycles. The Hall–Kier alpha value is -6.34. The molecule has 0 aliphatic rings. The Kier molecular flexibility index (Phi) is 39.8. The third kappa shape index (κ3) is 38.3. The number of carbonyl (C=O) groups is 10. The molecule has 6 N–H and O–H groups in total. The Labute approximate surface area is 408 Å². The Bertz CT molecular complexity index is 1610. The molecule has 0 aromatic heterocycles. The minimum atomic E-state index is -1.10. The van der Waals surface area contributed by atoms with Crippen molar-refractivity contribution in [2.75, 3.05) is 26.4 Å². The average molecular weight is 984 g/mol. The van der Waals surface area contributed by atoms with E-state index in [4.69, 9.17) is 14.6 Å². The zero-order valence-corrected chi connectivity index (χ0v) is 42.8. The van der Waals surface area contributed by atoms with Crippen molar-refractivity contribution in [1.29, 1.82) is 0 Å². The lowest BCUT2D eigenvalue weighted by atomic mass is 9.86. The molecular formula is C49H81N3O17. The molecule has 20 nitrogen and oxygen atoms in total. The number of carbonyl (C=O) groups excluding carboxylic acids is 7. The number of amides is 3. The standard InChI is InChI=1S/C30H52N2O10.C10H14O4.C6H11NO.C3H4O2/c1-9-21(25(33)31-17(3)4)15-23(27(35)36)13-19(7)29(39)41-11-12-42-30(40)20(8)14-24(28(37)38)16-22(10-2)26(34)32-18(5)6;1-7(2)9(11)13-5-6-14-10(12)8(3)4;1-4-6(8)7-5(2)3;1-2-3(4)5/h17-24H,9-16H2,1-8H3,(H,31,33)(H,32,34)(H,35,36)(H,37,38);1,3,5-6H2,2,4H3;4-5H,1H2,2-3H3,(H,7,8);2H,1H2,(H,4,5). The van der Waals surface area contributed by atoms with E-state index in [0.29, 0.717) is 24.0 Å². The van der Waals surface area contributed by atoms with Gasteiger partial charge in [0.15, 0.2) is 0 Å². The molecule has 394 valence electrons. The number of aliphatic carboxylic acids is 3. The van der Waals surface area contributed by atoms with Crippen molar-refractivity contribution in [2.24, 2.45) is 35.5 Å². The van der Waals surface area contributed by atoms with Crippen LogP contribution in [0.3, 0.4) is 0 Å². The molecule has 0 rings (SSSR count). The van der Waals surface area contributed by atoms with E-state index in [1.54, 1.807) is 41.5 Å². The molecule has 20 heteroatoms. The van der Waals surface area contributed by atoms with E-state index >= 15 is 0 Å². The molecule has 0 spiro atoms. The maximum absolute atomic E-state index is 12.5. The van der Waals surface area contributed by atoms with Crippen LogP contribution in [0.25, 0.3) is 0 Å². The lowest BCUT2D eigenvalue weighted by Gasteiger charge is -2.23. The van der Waals surface area contributed by atoms with Crippen LogP contribution in [0.4, 0.5) is 0 Å². The zero-order valence-electron chi connectivity index (χ0n) is 42.8. The maximum Gasteiger partial charge on any atom is 0.333 e. The number of rotatable bonds is 29. The Balaban J connectivity index is -0.000000628. The van der Waals surface area contributed by atoms with E-state index in [1.807, 2.05) is 41.5 Å². The first-order chi connectivity index (χ1) is 31.9. The molecule has 0 aromatic carbocycles. The number of hydrogen-bond acceptors (Lipinski definition) is 14. The highest BCUT2D eigenvalue weighted by molar-refractivity contribution is 5.88. The molecule has 69 heavy (non-hydrogen) atoms. The number of carboxylic acid groups (broad SMARTS) is 3. The first-order valence-corrected chi connectivity index (χ1v) is 22.7. The van der Waals surface area contributed by atoms with E-state index < -0.39 is 77.3 Å². The fourth-order valence-corrected chi connectivity index (χ4v) is 5.48. The van der Waals surface area contributed by atoms with Crippen molar-refractivity contribution in [2.45, 2.75) is 140 Å². The van der Waals surface area contributed by atoms with Crippen LogP contribution in [0.15, 0.2) is 49.6 Å². The molecule has 0 heterocycles. The van der Waals surface area contributed by atoms with Gasteiger partial charge >= 0.3 is 41.8 Å². The summed E-state index contributed by atoms with van der Waals surface area (Å²) >= 11 is 0. The Morgan fingerprint density at radius 3 is 0.971 bits per heavy atom. The lowest BCUT2D eigenvalue weighted by molar-refractivity contribution is -0.158. The lowest BCUT2D eigenvalue weighted by Crippen LogP contribution is -2.37. The van der Waals surface area contributed by atoms with E-state index in [-0.39, 0.29) is 88.0 Å². The van der Waals surface area contributed by atoms with Crippen molar-refractivity contribution >= 4 is 59.5 Å². The molecule has 0 fully saturated rings. The minimum Gasteiger partial charge on any atom is -0.481 e. The summed E-state index contributed by atoms with van der Waals surface area (Å²) in [6.07, 6.45) is 3.18. The van der Waals surface area contributed by atoms with Gasteiger partial charge in [-0.25, -0.2) is 14.4 Å². The second kappa shape index (κ2) is 39.6. The van der Waals surface area contributed by atoms with E-state index in [2.05, 4.69) is 51.7 Å². The molecule has 6 unspecified atom stereocenters. The highest BCUT2D eigenvalue weighted by Gasteiger charge is 2.32. The number of hydrogen-bond donors (Lipinski definition) is 6. The van der Waals surface area contributed by atoms with Crippen molar-refractivity contribution in [3.05, 3.63) is 49.6 Å². The second-order valence-corrected chi connectivity index (χ2v) is 16.9. The normalized spacial score (nSPS) is 12.8. The molecule has 0 aliphatic heterocycles. The summed E-state index contributed by atoms with van der Waals surface area (Å²) in [4.78, 5) is 115. The van der Waals surface area contributed by atoms with E-state index in [9.17, 15) is 58.2 Å². The summed E-state index contributed by atoms with van der Waals surface area (Å²) in [6.45, 7) is 33.5. The molecular weight excluding hydrogens is 903 g/mol. The number of esters is 4. The monoisotopic (exact) mass is 984 g/mol. The van der Waals surface area contributed by atoms with Crippen molar-refractivity contribution in [3.8, 4) is 0 Å². The van der Waals surface area contributed by atoms with Gasteiger partial charge in [-0.1, -0.05) is 54.0 Å². The number of carboxylic acids is 3. The SMILES string of the molecule is C=C(C)C(=O)OCCOC(=O)C(=C)C.C=CC(=O)NC(C)C.C=CC(=O)O.CCC(CC(CC(C)C(=O)OCCOC(=O)C(C)CC(CC(CC)C(=O)NC(C)C)C(=O)O)C(=O)O)C(=O)NC(C)C. The second-order valence-electron chi connectivity index (χ2n) is 16.9. The molecule has 0 saturated carbocycles. The summed E-state index contributed by atoms with van der Waals surface area (Å²) in [6, 6.07) is 0.0618. The number of nitrogens with one attached hydrogen (secondary N) is 3. The summed E-state index contributed by atoms with van der Waals surface area (Å²) in [5.41, 5.74) is 0.632. The summed E-state index contributed by atoms with van der Waals surface area (Å²) in [5, 5.41) is 35.1. The Morgan fingerprint density at radius 1 is 0.478 bits per heavy atom. The van der Waals surface area contributed by atoms with Gasteiger partial charge in [-0.3, -0.25) is 33.6 Å². The van der Waals surface area contributed by atoms with Crippen LogP contribution < -0.4 is 16.0 Å². The van der Waals surface area contributed by atoms with Gasteiger partial charge < -0.3 is 50.2 Å². The first kappa shape index (κ1) is 69.2. The van der Waals surface area contributed by atoms with Gasteiger partial charge in [-0.05, 0) is 100.0 Å². The summed E-state index contributed by atoms with van der Waals surface area (Å²) in [7, 11) is 0. The van der Waals surface area contributed by atoms with Crippen molar-refractivity contribution in [1.82, 2.24) is 16.0 Å². The third-order valence-electron chi connectivity index (χ3n) is 9.12. The van der Waals surface area contributed by atoms with E-state index in [1.165, 1.54) is 6.08 Å². The smallest absolute Gasteiger partial charge is 0.333 e. The topological polar surface area (TPSA) is 304 Å². The van der Waals surface area contributed by atoms with Gasteiger partial charge in [0.2, 0.25) is 17.7 Å². The van der Waals surface area contributed by atoms with Crippen LogP contribution in [-0.2, 0) is 66.9 Å². The quantitative estimate of drug-likeness (QED) is 0.0230. The van der Waals surface area contributed by atoms with E-state index in [0.717, 1.165) is 6.08 Å². The molecule has 3 amide bonds. The van der Waals surface area contributed by atoms with Gasteiger partial charge in [0.25, 0.3) is 0 Å². The first-order valence-electron chi connectivity index (χ1n) is 22.7. The highest BCUT2D eigenvalue weighted by atomic mass is 16.6. The van der Waals surface area contributed by atoms with Crippen molar-refractivity contribution in [3.63, 3.8) is 0 Å². The average Bonchev–Trinajstić information content (AvgIpc) is 3.25. The largest absolute Gasteiger partial charge is 0.481 e. The molecule has 0 bridgehead atoms. The molecule has 0 aromatic rings. The van der Waals surface area contributed by atoms with Crippen LogP contribution in [0.1, 0.15) is 122 Å². The third-order valence-corrected chi connectivity index (χ3v) is 9.12. The van der Waals surface area contributed by atoms with Crippen LogP contribution in [0.2, 0.25) is 0 Å². The van der Waals surface area contributed by atoms with Crippen LogP contribution >= 0.6 is 0 Å². The summed E-state index contributed by atoms with van der Waals surface area (Å²) < 4.78 is 19.7. The predicted octanol–water partition coefficient (Wildman–Crippen LogP) is 5.59. The molecule has 6 atom stereocenters.